The molecule has 0 radical (unpaired) electrons. The second kappa shape index (κ2) is 9.31. The quantitative estimate of drug-likeness (QED) is 0.622. The number of likely N-dealkylation sites (tertiary alicyclic amines) is 1. The van der Waals surface area contributed by atoms with Crippen molar-refractivity contribution < 1.29 is 22.3 Å². The lowest BCUT2D eigenvalue weighted by Crippen LogP contribution is -2.41. The Kier molecular flexibility index (Phi) is 6.80. The largest absolute Gasteiger partial charge is 0.488 e. The van der Waals surface area contributed by atoms with Crippen LogP contribution < -0.4 is 4.74 Å². The summed E-state index contributed by atoms with van der Waals surface area (Å²) in [6.45, 7) is 8.85. The van der Waals surface area contributed by atoms with Gasteiger partial charge < -0.3 is 9.47 Å². The molecule has 0 amide bonds. The minimum atomic E-state index is -3.22. The number of rotatable bonds is 6. The van der Waals surface area contributed by atoms with Crippen molar-refractivity contribution in [2.75, 3.05) is 26.1 Å². The highest BCUT2D eigenvalue weighted by Gasteiger charge is 2.33. The van der Waals surface area contributed by atoms with E-state index in [9.17, 15) is 12.8 Å². The summed E-state index contributed by atoms with van der Waals surface area (Å²) in [5.41, 5.74) is 2.25. The number of piperidine rings is 1. The predicted octanol–water partition coefficient (Wildman–Crippen LogP) is 4.22. The molecule has 8 heteroatoms. The van der Waals surface area contributed by atoms with Gasteiger partial charge in [-0.05, 0) is 63.3 Å². The molecule has 2 aromatic rings. The van der Waals surface area contributed by atoms with Crippen LogP contribution in [0.5, 0.6) is 5.75 Å². The summed E-state index contributed by atoms with van der Waals surface area (Å²) in [6, 6.07) is 6.43. The summed E-state index contributed by atoms with van der Waals surface area (Å²) < 4.78 is 49.8. The Morgan fingerprint density at radius 2 is 1.94 bits per heavy atom. The molecule has 4 rings (SSSR count). The van der Waals surface area contributed by atoms with Gasteiger partial charge in [0.1, 0.15) is 17.7 Å². The molecular formula is C25H33FN2O4S. The van der Waals surface area contributed by atoms with E-state index < -0.39 is 15.7 Å². The van der Waals surface area contributed by atoms with Crippen molar-refractivity contribution >= 4 is 9.84 Å². The van der Waals surface area contributed by atoms with Crippen molar-refractivity contribution in [3.05, 3.63) is 47.4 Å². The van der Waals surface area contributed by atoms with Crippen LogP contribution in [0, 0.1) is 11.7 Å². The van der Waals surface area contributed by atoms with Crippen LogP contribution in [-0.2, 0) is 26.7 Å². The first-order chi connectivity index (χ1) is 15.5. The Morgan fingerprint density at radius 1 is 1.21 bits per heavy atom. The third-order valence-electron chi connectivity index (χ3n) is 6.22. The highest BCUT2D eigenvalue weighted by molar-refractivity contribution is 7.89. The van der Waals surface area contributed by atoms with Crippen molar-refractivity contribution in [3.8, 4) is 17.0 Å². The predicted molar refractivity (Wildman–Crippen MR) is 126 cm³/mol. The number of halogens is 1. The third kappa shape index (κ3) is 6.31. The fourth-order valence-electron chi connectivity index (χ4n) is 4.48. The number of ether oxygens (including phenoxy) is 2. The number of pyridine rings is 1. The van der Waals surface area contributed by atoms with Crippen molar-refractivity contribution in [3.63, 3.8) is 0 Å². The maximum absolute atomic E-state index is 14.7. The summed E-state index contributed by atoms with van der Waals surface area (Å²) in [7, 11) is -3.22. The maximum Gasteiger partial charge on any atom is 0.151 e. The van der Waals surface area contributed by atoms with Crippen LogP contribution in [0.4, 0.5) is 4.39 Å². The van der Waals surface area contributed by atoms with Gasteiger partial charge >= 0.3 is 0 Å². The number of sulfone groups is 1. The first-order valence-corrected chi connectivity index (χ1v) is 13.5. The summed E-state index contributed by atoms with van der Waals surface area (Å²) in [5, 5.41) is 0. The van der Waals surface area contributed by atoms with Crippen LogP contribution in [0.15, 0.2) is 30.5 Å². The number of fused-ring (bicyclic) bond motifs is 1. The van der Waals surface area contributed by atoms with Crippen molar-refractivity contribution in [2.45, 2.75) is 57.5 Å². The maximum atomic E-state index is 14.7. The van der Waals surface area contributed by atoms with E-state index in [0.29, 0.717) is 29.5 Å². The van der Waals surface area contributed by atoms with E-state index in [1.54, 1.807) is 18.3 Å². The van der Waals surface area contributed by atoms with Crippen molar-refractivity contribution in [1.29, 1.82) is 0 Å². The van der Waals surface area contributed by atoms with Gasteiger partial charge in [0.25, 0.3) is 0 Å². The average molecular weight is 477 g/mol. The van der Waals surface area contributed by atoms with Gasteiger partial charge in [-0.25, -0.2) is 12.8 Å². The molecule has 1 saturated heterocycles. The second-order valence-corrected chi connectivity index (χ2v) is 12.4. The van der Waals surface area contributed by atoms with Gasteiger partial charge in [-0.1, -0.05) is 6.07 Å². The molecule has 3 heterocycles. The Balaban J connectivity index is 1.39. The number of hydrogen-bond donors (Lipinski definition) is 0. The summed E-state index contributed by atoms with van der Waals surface area (Å²) in [4.78, 5) is 6.76. The highest BCUT2D eigenvalue weighted by Crippen LogP contribution is 2.37. The molecule has 0 aliphatic carbocycles. The Hall–Kier alpha value is -2.03. The smallest absolute Gasteiger partial charge is 0.151 e. The molecule has 180 valence electrons. The summed E-state index contributed by atoms with van der Waals surface area (Å²) in [5.74, 6) is 0.595. The standard InChI is InChI=1S/C25H33FN2O4S/c1-25(2,3)31-16-28-9-7-18(8-10-28)23-13-19-12-22(27-14-24(19)32-23)20-6-5-17(11-21(20)26)15-33(4,29)30/h5-6,11-12,14,18,23H,7-10,13,15-16H2,1-4H3. The molecule has 0 N–H and O–H groups in total. The summed E-state index contributed by atoms with van der Waals surface area (Å²) >= 11 is 0. The van der Waals surface area contributed by atoms with Gasteiger partial charge in [-0.15, -0.1) is 0 Å². The molecular weight excluding hydrogens is 443 g/mol. The fraction of sp³-hybridized carbons (Fsp3) is 0.560. The fourth-order valence-corrected chi connectivity index (χ4v) is 5.26. The summed E-state index contributed by atoms with van der Waals surface area (Å²) in [6.07, 6.45) is 5.85. The Labute approximate surface area is 196 Å². The molecule has 2 aliphatic rings. The topological polar surface area (TPSA) is 68.7 Å². The van der Waals surface area contributed by atoms with Crippen molar-refractivity contribution in [1.82, 2.24) is 9.88 Å². The van der Waals surface area contributed by atoms with Crippen LogP contribution in [-0.4, -0.2) is 56.1 Å². The number of benzene rings is 1. The number of aromatic nitrogens is 1. The molecule has 1 aromatic heterocycles. The molecule has 0 spiro atoms. The van der Waals surface area contributed by atoms with E-state index in [4.69, 9.17) is 9.47 Å². The third-order valence-corrected chi connectivity index (χ3v) is 7.08. The molecule has 6 nitrogen and oxygen atoms in total. The molecule has 1 unspecified atom stereocenters. The minimum absolute atomic E-state index is 0.115. The van der Waals surface area contributed by atoms with Gasteiger partial charge in [0, 0.05) is 36.9 Å². The van der Waals surface area contributed by atoms with Gasteiger partial charge in [0.15, 0.2) is 9.84 Å². The van der Waals surface area contributed by atoms with Gasteiger partial charge in [-0.3, -0.25) is 9.88 Å². The molecule has 0 saturated carbocycles. The van der Waals surface area contributed by atoms with E-state index in [0.717, 1.165) is 49.9 Å². The number of hydrogen-bond acceptors (Lipinski definition) is 6. The minimum Gasteiger partial charge on any atom is -0.488 e. The van der Waals surface area contributed by atoms with E-state index in [1.165, 1.54) is 6.07 Å². The van der Waals surface area contributed by atoms with Crippen LogP contribution >= 0.6 is 0 Å². The SMILES string of the molecule is CC(C)(C)OCN1CCC(C2Cc3cc(-c4ccc(CS(C)(=O)=O)cc4F)ncc3O2)CC1. The monoisotopic (exact) mass is 476 g/mol. The zero-order valence-corrected chi connectivity index (χ0v) is 20.6. The zero-order valence-electron chi connectivity index (χ0n) is 19.8. The molecule has 1 fully saturated rings. The molecule has 1 aromatic carbocycles. The average Bonchev–Trinajstić information content (AvgIpc) is 3.14. The first kappa shape index (κ1) is 24.1. The van der Waals surface area contributed by atoms with Crippen LogP contribution in [0.2, 0.25) is 0 Å². The van der Waals surface area contributed by atoms with Crippen LogP contribution in [0.3, 0.4) is 0 Å². The van der Waals surface area contributed by atoms with E-state index in [2.05, 4.69) is 30.7 Å². The second-order valence-electron chi connectivity index (χ2n) is 10.3. The first-order valence-electron chi connectivity index (χ1n) is 11.5. The van der Waals surface area contributed by atoms with Gasteiger partial charge in [0.05, 0.1) is 30.0 Å². The molecule has 0 bridgehead atoms. The number of nitrogens with zero attached hydrogens (tertiary/aromatic N) is 2. The van der Waals surface area contributed by atoms with E-state index in [-0.39, 0.29) is 17.5 Å². The van der Waals surface area contributed by atoms with Gasteiger partial charge in [0.2, 0.25) is 0 Å². The Bertz CT molecular complexity index is 1110. The highest BCUT2D eigenvalue weighted by atomic mass is 32.2. The van der Waals surface area contributed by atoms with E-state index in [1.807, 2.05) is 6.07 Å². The lowest BCUT2D eigenvalue weighted by molar-refractivity contribution is -0.0746. The normalized spacial score (nSPS) is 20.0. The lowest BCUT2D eigenvalue weighted by atomic mass is 9.89. The van der Waals surface area contributed by atoms with Gasteiger partial charge in [-0.2, -0.15) is 0 Å². The van der Waals surface area contributed by atoms with Crippen LogP contribution in [0.1, 0.15) is 44.7 Å². The molecule has 1 atom stereocenters. The van der Waals surface area contributed by atoms with Crippen molar-refractivity contribution in [2.24, 2.45) is 5.92 Å². The Morgan fingerprint density at radius 3 is 2.58 bits per heavy atom. The zero-order chi connectivity index (χ0) is 23.8. The van der Waals surface area contributed by atoms with Crippen LogP contribution in [0.25, 0.3) is 11.3 Å². The van der Waals surface area contributed by atoms with E-state index >= 15 is 0 Å². The molecule has 33 heavy (non-hydrogen) atoms. The molecule has 2 aliphatic heterocycles. The lowest BCUT2D eigenvalue weighted by Gasteiger charge is -2.35.